The van der Waals surface area contributed by atoms with Gasteiger partial charge in [0, 0.05) is 6.04 Å². The Hall–Kier alpha value is -1.89. The Balaban J connectivity index is 2.20. The molecule has 0 atom stereocenters. The van der Waals surface area contributed by atoms with Crippen molar-refractivity contribution >= 4 is 11.2 Å². The van der Waals surface area contributed by atoms with E-state index in [1.165, 1.54) is 10.9 Å². The number of piperidine rings is 1. The van der Waals surface area contributed by atoms with Crippen LogP contribution in [0.3, 0.4) is 0 Å². The lowest BCUT2D eigenvalue weighted by molar-refractivity contribution is 0.352. The highest BCUT2D eigenvalue weighted by atomic mass is 16.2. The van der Waals surface area contributed by atoms with Crippen molar-refractivity contribution in [1.29, 1.82) is 0 Å². The first-order valence-corrected chi connectivity index (χ1v) is 5.66. The fourth-order valence-electron chi connectivity index (χ4n) is 2.32. The lowest BCUT2D eigenvalue weighted by Crippen LogP contribution is -2.42. The molecule has 17 heavy (non-hydrogen) atoms. The Morgan fingerprint density at radius 3 is 2.82 bits per heavy atom. The van der Waals surface area contributed by atoms with Crippen LogP contribution in [-0.4, -0.2) is 32.6 Å². The van der Waals surface area contributed by atoms with Gasteiger partial charge in [-0.25, -0.2) is 9.78 Å². The topological polar surface area (TPSA) is 95.6 Å². The van der Waals surface area contributed by atoms with Crippen LogP contribution in [0.25, 0.3) is 11.2 Å². The maximum absolute atomic E-state index is 12.2. The SMILES string of the molecule is O=c1[nH]c2nc[nH]c2c(=O)n1C1CCNCC1. The molecule has 1 saturated heterocycles. The average molecular weight is 235 g/mol. The predicted molar refractivity (Wildman–Crippen MR) is 62.1 cm³/mol. The van der Waals surface area contributed by atoms with Gasteiger partial charge in [0.2, 0.25) is 0 Å². The van der Waals surface area contributed by atoms with Gasteiger partial charge >= 0.3 is 5.69 Å². The molecule has 0 amide bonds. The smallest absolute Gasteiger partial charge is 0.330 e. The summed E-state index contributed by atoms with van der Waals surface area (Å²) in [7, 11) is 0. The molecule has 7 heteroatoms. The zero-order valence-electron chi connectivity index (χ0n) is 9.19. The van der Waals surface area contributed by atoms with Crippen molar-refractivity contribution in [2.75, 3.05) is 13.1 Å². The number of rotatable bonds is 1. The number of hydrogen-bond donors (Lipinski definition) is 3. The van der Waals surface area contributed by atoms with Crippen LogP contribution in [0, 0.1) is 0 Å². The average Bonchev–Trinajstić information content (AvgIpc) is 2.78. The molecule has 3 rings (SSSR count). The Kier molecular flexibility index (Phi) is 2.32. The van der Waals surface area contributed by atoms with Crippen molar-refractivity contribution < 1.29 is 0 Å². The molecule has 7 nitrogen and oxygen atoms in total. The minimum atomic E-state index is -0.374. The molecule has 0 aliphatic carbocycles. The lowest BCUT2D eigenvalue weighted by atomic mass is 10.1. The molecule has 1 fully saturated rings. The highest BCUT2D eigenvalue weighted by Crippen LogP contribution is 2.14. The Bertz CT molecular complexity index is 646. The maximum Gasteiger partial charge on any atom is 0.330 e. The van der Waals surface area contributed by atoms with Gasteiger partial charge in [-0.2, -0.15) is 0 Å². The zero-order chi connectivity index (χ0) is 11.8. The first-order valence-electron chi connectivity index (χ1n) is 5.66. The van der Waals surface area contributed by atoms with Crippen molar-refractivity contribution in [1.82, 2.24) is 24.8 Å². The molecule has 0 spiro atoms. The lowest BCUT2D eigenvalue weighted by Gasteiger charge is -2.23. The summed E-state index contributed by atoms with van der Waals surface area (Å²) in [5.74, 6) is 0. The maximum atomic E-state index is 12.2. The predicted octanol–water partition coefficient (Wildman–Crippen LogP) is -0.663. The molecule has 3 heterocycles. The monoisotopic (exact) mass is 235 g/mol. The first-order chi connectivity index (χ1) is 8.27. The summed E-state index contributed by atoms with van der Waals surface area (Å²) in [6.07, 6.45) is 3.00. The van der Waals surface area contributed by atoms with Gasteiger partial charge in [0.25, 0.3) is 5.56 Å². The summed E-state index contributed by atoms with van der Waals surface area (Å²) in [6.45, 7) is 1.66. The van der Waals surface area contributed by atoms with Crippen LogP contribution in [0.15, 0.2) is 15.9 Å². The standard InChI is InChI=1S/C10H13N5O2/c16-9-7-8(13-5-12-7)14-10(17)15(9)6-1-3-11-4-2-6/h5-6,11H,1-4H2,(H,12,13)(H,14,17). The number of imidazole rings is 1. The van der Waals surface area contributed by atoms with E-state index >= 15 is 0 Å². The third-order valence-corrected chi connectivity index (χ3v) is 3.19. The minimum Gasteiger partial charge on any atom is -0.339 e. The van der Waals surface area contributed by atoms with Gasteiger partial charge in [-0.15, -0.1) is 0 Å². The van der Waals surface area contributed by atoms with Crippen molar-refractivity contribution in [3.05, 3.63) is 27.2 Å². The third-order valence-electron chi connectivity index (χ3n) is 3.19. The van der Waals surface area contributed by atoms with E-state index < -0.39 is 0 Å². The molecule has 3 N–H and O–H groups in total. The summed E-state index contributed by atoms with van der Waals surface area (Å²) in [6, 6.07) is -0.0276. The molecular formula is C10H13N5O2. The summed E-state index contributed by atoms with van der Waals surface area (Å²) >= 11 is 0. The van der Waals surface area contributed by atoms with Gasteiger partial charge in [0.15, 0.2) is 5.65 Å². The first kappa shape index (κ1) is 10.3. The van der Waals surface area contributed by atoms with Crippen LogP contribution in [0.4, 0.5) is 0 Å². The molecule has 1 aliphatic rings. The molecule has 0 bridgehead atoms. The van der Waals surface area contributed by atoms with Gasteiger partial charge in [-0.05, 0) is 25.9 Å². The van der Waals surface area contributed by atoms with Gasteiger partial charge < -0.3 is 10.3 Å². The quantitative estimate of drug-likeness (QED) is 0.611. The number of nitrogens with zero attached hydrogens (tertiary/aromatic N) is 2. The fraction of sp³-hybridized carbons (Fsp3) is 0.500. The highest BCUT2D eigenvalue weighted by molar-refractivity contribution is 5.67. The Morgan fingerprint density at radius 2 is 2.06 bits per heavy atom. The van der Waals surface area contributed by atoms with Gasteiger partial charge in [0.1, 0.15) is 5.52 Å². The molecule has 0 unspecified atom stereocenters. The van der Waals surface area contributed by atoms with Crippen LogP contribution in [-0.2, 0) is 0 Å². The number of nitrogens with one attached hydrogen (secondary N) is 3. The summed E-state index contributed by atoms with van der Waals surface area (Å²) in [4.78, 5) is 33.3. The van der Waals surface area contributed by atoms with E-state index in [2.05, 4.69) is 20.3 Å². The van der Waals surface area contributed by atoms with Crippen molar-refractivity contribution in [2.24, 2.45) is 0 Å². The molecular weight excluding hydrogens is 222 g/mol. The number of aromatic amines is 2. The van der Waals surface area contributed by atoms with Gasteiger partial charge in [-0.1, -0.05) is 0 Å². The largest absolute Gasteiger partial charge is 0.339 e. The second kappa shape index (κ2) is 3.85. The van der Waals surface area contributed by atoms with Crippen LogP contribution in [0.2, 0.25) is 0 Å². The fourth-order valence-corrected chi connectivity index (χ4v) is 2.32. The summed E-state index contributed by atoms with van der Waals surface area (Å²) in [5, 5.41) is 3.21. The number of H-pyrrole nitrogens is 2. The second-order valence-electron chi connectivity index (χ2n) is 4.21. The Morgan fingerprint density at radius 1 is 1.29 bits per heavy atom. The van der Waals surface area contributed by atoms with E-state index in [9.17, 15) is 9.59 Å². The van der Waals surface area contributed by atoms with E-state index in [1.807, 2.05) is 0 Å². The van der Waals surface area contributed by atoms with E-state index in [0.29, 0.717) is 11.2 Å². The van der Waals surface area contributed by atoms with Crippen LogP contribution in [0.1, 0.15) is 18.9 Å². The van der Waals surface area contributed by atoms with Crippen LogP contribution in [0.5, 0.6) is 0 Å². The van der Waals surface area contributed by atoms with Gasteiger partial charge in [-0.3, -0.25) is 14.3 Å². The summed E-state index contributed by atoms with van der Waals surface area (Å²) in [5.41, 5.74) is 0.0305. The highest BCUT2D eigenvalue weighted by Gasteiger charge is 2.20. The Labute approximate surface area is 95.9 Å². The summed E-state index contributed by atoms with van der Waals surface area (Å²) < 4.78 is 1.31. The van der Waals surface area contributed by atoms with E-state index in [0.717, 1.165) is 25.9 Å². The van der Waals surface area contributed by atoms with Crippen molar-refractivity contribution in [2.45, 2.75) is 18.9 Å². The third kappa shape index (κ3) is 1.59. The number of aromatic nitrogens is 4. The van der Waals surface area contributed by atoms with E-state index in [1.54, 1.807) is 0 Å². The van der Waals surface area contributed by atoms with E-state index in [-0.39, 0.29) is 17.3 Å². The molecule has 2 aromatic heterocycles. The number of hydrogen-bond acceptors (Lipinski definition) is 4. The molecule has 90 valence electrons. The molecule has 0 saturated carbocycles. The molecule has 0 radical (unpaired) electrons. The van der Waals surface area contributed by atoms with Crippen molar-refractivity contribution in [3.63, 3.8) is 0 Å². The van der Waals surface area contributed by atoms with Crippen LogP contribution >= 0.6 is 0 Å². The second-order valence-corrected chi connectivity index (χ2v) is 4.21. The molecule has 0 aromatic carbocycles. The molecule has 2 aromatic rings. The molecule has 1 aliphatic heterocycles. The number of fused-ring (bicyclic) bond motifs is 1. The van der Waals surface area contributed by atoms with Crippen molar-refractivity contribution in [3.8, 4) is 0 Å². The van der Waals surface area contributed by atoms with Gasteiger partial charge in [0.05, 0.1) is 6.33 Å². The normalized spacial score (nSPS) is 17.6. The zero-order valence-corrected chi connectivity index (χ0v) is 9.19. The van der Waals surface area contributed by atoms with Crippen LogP contribution < -0.4 is 16.6 Å². The van der Waals surface area contributed by atoms with E-state index in [4.69, 9.17) is 0 Å². The minimum absolute atomic E-state index is 0.0276.